The maximum Gasteiger partial charge on any atom is 0.232 e. The lowest BCUT2D eigenvalue weighted by Crippen LogP contribution is -2.14. The average Bonchev–Trinajstić information content (AvgIpc) is 3.44. The number of hydrogen-bond acceptors (Lipinski definition) is 7. The molecule has 1 aromatic carbocycles. The van der Waals surface area contributed by atoms with Crippen LogP contribution in [0, 0.1) is 6.92 Å². The number of furan rings is 1. The van der Waals surface area contributed by atoms with Crippen LogP contribution < -0.4 is 10.1 Å². The smallest absolute Gasteiger partial charge is 0.232 e. The minimum absolute atomic E-state index is 0.156. The first-order chi connectivity index (χ1) is 14.1. The minimum Gasteiger partial charge on any atom is -0.493 e. The van der Waals surface area contributed by atoms with Crippen molar-refractivity contribution < 1.29 is 13.9 Å². The third kappa shape index (κ3) is 4.55. The third-order valence-electron chi connectivity index (χ3n) is 4.06. The fourth-order valence-electron chi connectivity index (χ4n) is 2.79. The van der Waals surface area contributed by atoms with Crippen molar-refractivity contribution in [3.63, 3.8) is 0 Å². The van der Waals surface area contributed by atoms with E-state index >= 15 is 0 Å². The van der Waals surface area contributed by atoms with Gasteiger partial charge in [0.2, 0.25) is 5.91 Å². The molecule has 148 valence electrons. The Hall–Kier alpha value is -2.97. The van der Waals surface area contributed by atoms with Crippen molar-refractivity contribution in [3.8, 4) is 27.8 Å². The van der Waals surface area contributed by atoms with Gasteiger partial charge in [0, 0.05) is 16.3 Å². The Morgan fingerprint density at radius 1 is 1.14 bits per heavy atom. The molecule has 6 nitrogen and oxygen atoms in total. The number of hydrogen-bond donors (Lipinski definition) is 1. The summed E-state index contributed by atoms with van der Waals surface area (Å²) in [4.78, 5) is 21.4. The summed E-state index contributed by atoms with van der Waals surface area (Å²) in [6.07, 6.45) is 0.181. The van der Waals surface area contributed by atoms with Crippen LogP contribution in [0.3, 0.4) is 0 Å². The number of rotatable bonds is 7. The SMILES string of the molecule is CCOc1ccccc1-c1csc(NC(=O)Cc2csc(-c3ccc(C)o3)n2)n1. The van der Waals surface area contributed by atoms with Crippen molar-refractivity contribution >= 4 is 33.7 Å². The van der Waals surface area contributed by atoms with Crippen molar-refractivity contribution in [3.05, 3.63) is 58.6 Å². The van der Waals surface area contributed by atoms with E-state index in [2.05, 4.69) is 15.3 Å². The van der Waals surface area contributed by atoms with Gasteiger partial charge in [-0.1, -0.05) is 12.1 Å². The zero-order valence-electron chi connectivity index (χ0n) is 16.0. The van der Waals surface area contributed by atoms with Gasteiger partial charge in [0.15, 0.2) is 15.9 Å². The molecule has 0 unspecified atom stereocenters. The minimum atomic E-state index is -0.156. The second-order valence-electron chi connectivity index (χ2n) is 6.25. The average molecular weight is 426 g/mol. The molecule has 3 heterocycles. The van der Waals surface area contributed by atoms with Gasteiger partial charge in [0.1, 0.15) is 11.5 Å². The number of para-hydroxylation sites is 1. The maximum absolute atomic E-state index is 12.4. The zero-order valence-corrected chi connectivity index (χ0v) is 17.6. The topological polar surface area (TPSA) is 77.2 Å². The molecule has 8 heteroatoms. The fourth-order valence-corrected chi connectivity index (χ4v) is 4.30. The fraction of sp³-hybridized carbons (Fsp3) is 0.190. The van der Waals surface area contributed by atoms with Gasteiger partial charge in [-0.25, -0.2) is 9.97 Å². The molecule has 0 fully saturated rings. The lowest BCUT2D eigenvalue weighted by atomic mass is 10.1. The highest BCUT2D eigenvalue weighted by atomic mass is 32.1. The van der Waals surface area contributed by atoms with Gasteiger partial charge in [-0.15, -0.1) is 22.7 Å². The Morgan fingerprint density at radius 2 is 2.00 bits per heavy atom. The van der Waals surface area contributed by atoms with Crippen LogP contribution in [0.5, 0.6) is 5.75 Å². The molecule has 0 saturated carbocycles. The van der Waals surface area contributed by atoms with Crippen LogP contribution in [0.1, 0.15) is 18.4 Å². The van der Waals surface area contributed by atoms with Gasteiger partial charge >= 0.3 is 0 Å². The Bertz CT molecular complexity index is 1130. The van der Waals surface area contributed by atoms with Gasteiger partial charge in [-0.3, -0.25) is 4.79 Å². The number of nitrogens with zero attached hydrogens (tertiary/aromatic N) is 2. The standard InChI is InChI=1S/C21H19N3O3S2/c1-3-26-17-7-5-4-6-15(17)16-12-29-21(23-16)24-19(25)10-14-11-28-20(22-14)18-9-8-13(2)27-18/h4-9,11-12H,3,10H2,1-2H3,(H,23,24,25). The molecule has 29 heavy (non-hydrogen) atoms. The van der Waals surface area contributed by atoms with E-state index in [-0.39, 0.29) is 12.3 Å². The van der Waals surface area contributed by atoms with Gasteiger partial charge in [-0.2, -0.15) is 0 Å². The molecular weight excluding hydrogens is 406 g/mol. The van der Waals surface area contributed by atoms with E-state index in [9.17, 15) is 4.79 Å². The van der Waals surface area contributed by atoms with E-state index in [1.165, 1.54) is 22.7 Å². The van der Waals surface area contributed by atoms with Crippen LogP contribution in [0.2, 0.25) is 0 Å². The summed E-state index contributed by atoms with van der Waals surface area (Å²) in [6.45, 7) is 4.42. The summed E-state index contributed by atoms with van der Waals surface area (Å²) in [5.41, 5.74) is 2.39. The highest BCUT2D eigenvalue weighted by molar-refractivity contribution is 7.14. The zero-order chi connectivity index (χ0) is 20.2. The van der Waals surface area contributed by atoms with Crippen LogP contribution in [-0.4, -0.2) is 22.5 Å². The predicted molar refractivity (Wildman–Crippen MR) is 116 cm³/mol. The molecule has 3 aromatic heterocycles. The number of aromatic nitrogens is 2. The maximum atomic E-state index is 12.4. The van der Waals surface area contributed by atoms with E-state index < -0.39 is 0 Å². The van der Waals surface area contributed by atoms with E-state index in [1.807, 2.05) is 61.0 Å². The second-order valence-corrected chi connectivity index (χ2v) is 7.96. The van der Waals surface area contributed by atoms with Crippen molar-refractivity contribution in [2.75, 3.05) is 11.9 Å². The number of carbonyl (C=O) groups is 1. The van der Waals surface area contributed by atoms with Gasteiger partial charge in [0.05, 0.1) is 24.4 Å². The highest BCUT2D eigenvalue weighted by Crippen LogP contribution is 2.32. The monoisotopic (exact) mass is 425 g/mol. The Morgan fingerprint density at radius 3 is 2.79 bits per heavy atom. The summed E-state index contributed by atoms with van der Waals surface area (Å²) in [6, 6.07) is 11.5. The molecule has 4 aromatic rings. The summed E-state index contributed by atoms with van der Waals surface area (Å²) in [5, 5.41) is 7.96. The largest absolute Gasteiger partial charge is 0.493 e. The molecule has 0 atom stereocenters. The van der Waals surface area contributed by atoms with E-state index in [0.29, 0.717) is 17.4 Å². The number of carbonyl (C=O) groups excluding carboxylic acids is 1. The quantitative estimate of drug-likeness (QED) is 0.428. The molecule has 1 N–H and O–H groups in total. The Labute approximate surface area is 176 Å². The molecular formula is C21H19N3O3S2. The second kappa shape index (κ2) is 8.59. The van der Waals surface area contributed by atoms with Crippen LogP contribution in [0.15, 0.2) is 51.6 Å². The van der Waals surface area contributed by atoms with Gasteiger partial charge in [0.25, 0.3) is 0 Å². The Balaban J connectivity index is 1.42. The molecule has 0 aliphatic heterocycles. The number of benzene rings is 1. The number of ether oxygens (including phenoxy) is 1. The lowest BCUT2D eigenvalue weighted by Gasteiger charge is -2.07. The molecule has 0 aliphatic carbocycles. The molecule has 4 rings (SSSR count). The number of aryl methyl sites for hydroxylation is 1. The molecule has 0 bridgehead atoms. The van der Waals surface area contributed by atoms with Crippen molar-refractivity contribution in [1.82, 2.24) is 9.97 Å². The first kappa shape index (κ1) is 19.4. The molecule has 0 spiro atoms. The van der Waals surface area contributed by atoms with Crippen LogP contribution >= 0.6 is 22.7 Å². The first-order valence-corrected chi connectivity index (χ1v) is 10.9. The van der Waals surface area contributed by atoms with Crippen molar-refractivity contribution in [2.24, 2.45) is 0 Å². The van der Waals surface area contributed by atoms with E-state index in [4.69, 9.17) is 9.15 Å². The third-order valence-corrected chi connectivity index (χ3v) is 5.72. The van der Waals surface area contributed by atoms with Crippen LogP contribution in [-0.2, 0) is 11.2 Å². The number of amides is 1. The van der Waals surface area contributed by atoms with Crippen LogP contribution in [0.4, 0.5) is 5.13 Å². The summed E-state index contributed by atoms with van der Waals surface area (Å²) < 4.78 is 11.2. The molecule has 1 amide bonds. The summed E-state index contributed by atoms with van der Waals surface area (Å²) in [7, 11) is 0. The number of anilines is 1. The summed E-state index contributed by atoms with van der Waals surface area (Å²) >= 11 is 2.84. The van der Waals surface area contributed by atoms with Crippen molar-refractivity contribution in [2.45, 2.75) is 20.3 Å². The van der Waals surface area contributed by atoms with Gasteiger partial charge < -0.3 is 14.5 Å². The number of thiazole rings is 2. The van der Waals surface area contributed by atoms with E-state index in [1.54, 1.807) is 0 Å². The van der Waals surface area contributed by atoms with Crippen molar-refractivity contribution in [1.29, 1.82) is 0 Å². The predicted octanol–water partition coefficient (Wildman–Crippen LogP) is 5.41. The highest BCUT2D eigenvalue weighted by Gasteiger charge is 2.14. The molecule has 0 aliphatic rings. The number of nitrogens with one attached hydrogen (secondary N) is 1. The normalized spacial score (nSPS) is 10.8. The van der Waals surface area contributed by atoms with Crippen LogP contribution in [0.25, 0.3) is 22.0 Å². The Kier molecular flexibility index (Phi) is 5.73. The first-order valence-electron chi connectivity index (χ1n) is 9.11. The lowest BCUT2D eigenvalue weighted by molar-refractivity contribution is -0.115. The van der Waals surface area contributed by atoms with Gasteiger partial charge in [-0.05, 0) is 38.1 Å². The van der Waals surface area contributed by atoms with E-state index in [0.717, 1.165) is 33.5 Å². The summed E-state index contributed by atoms with van der Waals surface area (Å²) in [5.74, 6) is 2.18. The molecule has 0 saturated heterocycles. The molecule has 0 radical (unpaired) electrons.